The van der Waals surface area contributed by atoms with Crippen LogP contribution in [-0.2, 0) is 25.6 Å². The van der Waals surface area contributed by atoms with Gasteiger partial charge < -0.3 is 37.8 Å². The van der Waals surface area contributed by atoms with E-state index in [9.17, 15) is 24.3 Å². The summed E-state index contributed by atoms with van der Waals surface area (Å²) in [5.41, 5.74) is 17.3. The molecule has 1 aliphatic heterocycles. The Morgan fingerprint density at radius 2 is 1.88 bits per heavy atom. The number of benzene rings is 1. The van der Waals surface area contributed by atoms with Crippen LogP contribution < -0.4 is 27.8 Å². The highest BCUT2D eigenvalue weighted by molar-refractivity contribution is 5.93. The molecule has 1 heterocycles. The smallest absolute Gasteiger partial charge is 0.326 e. The van der Waals surface area contributed by atoms with Crippen LogP contribution in [0.5, 0.6) is 0 Å². The number of nitrogens with one attached hydrogen (secondary N) is 2. The highest BCUT2D eigenvalue weighted by atomic mass is 16.4. The fraction of sp³-hybridized carbons (Fsp3) is 0.500. The molecule has 3 amide bonds. The summed E-state index contributed by atoms with van der Waals surface area (Å²) in [4.78, 5) is 54.4. The first-order valence-electron chi connectivity index (χ1n) is 11.1. The van der Waals surface area contributed by atoms with E-state index >= 15 is 0 Å². The molecule has 1 fully saturated rings. The first-order chi connectivity index (χ1) is 16.2. The number of nitrogens with zero attached hydrogens (tertiary/aromatic N) is 2. The van der Waals surface area contributed by atoms with E-state index in [1.807, 2.05) is 6.07 Å². The Bertz CT molecular complexity index is 889. The minimum atomic E-state index is -1.18. The number of aliphatic carboxylic acids is 1. The number of rotatable bonds is 12. The highest BCUT2D eigenvalue weighted by Gasteiger charge is 2.36. The third-order valence-corrected chi connectivity index (χ3v) is 5.46. The van der Waals surface area contributed by atoms with E-state index in [4.69, 9.17) is 17.2 Å². The minimum Gasteiger partial charge on any atom is -0.480 e. The number of guanidine groups is 1. The van der Waals surface area contributed by atoms with Gasteiger partial charge in [0.1, 0.15) is 12.1 Å². The van der Waals surface area contributed by atoms with Gasteiger partial charge in [0.15, 0.2) is 5.96 Å². The molecule has 1 aliphatic rings. The van der Waals surface area contributed by atoms with Crippen LogP contribution >= 0.6 is 0 Å². The Hall–Kier alpha value is -3.67. The van der Waals surface area contributed by atoms with Crippen LogP contribution in [0.3, 0.4) is 0 Å². The molecule has 1 saturated heterocycles. The van der Waals surface area contributed by atoms with Crippen LogP contribution in [0.4, 0.5) is 0 Å². The summed E-state index contributed by atoms with van der Waals surface area (Å²) >= 11 is 0. The number of carboxylic acid groups (broad SMARTS) is 1. The van der Waals surface area contributed by atoms with Crippen molar-refractivity contribution in [2.45, 2.75) is 50.2 Å². The monoisotopic (exact) mass is 475 g/mol. The van der Waals surface area contributed by atoms with Crippen molar-refractivity contribution in [1.82, 2.24) is 15.5 Å². The van der Waals surface area contributed by atoms with Gasteiger partial charge in [-0.1, -0.05) is 30.3 Å². The van der Waals surface area contributed by atoms with Crippen LogP contribution in [-0.4, -0.2) is 77.4 Å². The molecule has 34 heavy (non-hydrogen) atoms. The number of aliphatic imine (C=N–C) groups is 1. The van der Waals surface area contributed by atoms with Crippen molar-refractivity contribution in [1.29, 1.82) is 0 Å². The molecule has 0 radical (unpaired) electrons. The lowest BCUT2D eigenvalue weighted by Crippen LogP contribution is -2.53. The normalized spacial score (nSPS) is 16.9. The Kier molecular flexibility index (Phi) is 10.3. The highest BCUT2D eigenvalue weighted by Crippen LogP contribution is 2.19. The maximum absolute atomic E-state index is 12.7. The maximum Gasteiger partial charge on any atom is 0.326 e. The molecular weight excluding hydrogens is 442 g/mol. The van der Waals surface area contributed by atoms with E-state index in [2.05, 4.69) is 15.6 Å². The van der Waals surface area contributed by atoms with Crippen molar-refractivity contribution < 1.29 is 24.3 Å². The van der Waals surface area contributed by atoms with Gasteiger partial charge in [0.05, 0.1) is 12.6 Å². The predicted molar refractivity (Wildman–Crippen MR) is 125 cm³/mol. The van der Waals surface area contributed by atoms with Gasteiger partial charge >= 0.3 is 5.97 Å². The summed E-state index contributed by atoms with van der Waals surface area (Å²) in [5, 5.41) is 14.3. The molecule has 186 valence electrons. The molecule has 12 heteroatoms. The fourth-order valence-corrected chi connectivity index (χ4v) is 3.74. The zero-order chi connectivity index (χ0) is 25.1. The molecule has 0 bridgehead atoms. The van der Waals surface area contributed by atoms with Crippen LogP contribution in [0.15, 0.2) is 35.3 Å². The molecule has 3 unspecified atom stereocenters. The van der Waals surface area contributed by atoms with Crippen molar-refractivity contribution >= 4 is 29.7 Å². The third-order valence-electron chi connectivity index (χ3n) is 5.46. The molecule has 1 aromatic carbocycles. The Morgan fingerprint density at radius 3 is 2.53 bits per heavy atom. The summed E-state index contributed by atoms with van der Waals surface area (Å²) < 4.78 is 0. The number of likely N-dealkylation sites (tertiary alicyclic amines) is 1. The summed E-state index contributed by atoms with van der Waals surface area (Å²) in [6.07, 6.45) is 2.08. The Labute approximate surface area is 197 Å². The van der Waals surface area contributed by atoms with Gasteiger partial charge in [-0.3, -0.25) is 19.4 Å². The number of hydrogen-bond acceptors (Lipinski definition) is 6. The number of carbonyl (C=O) groups excluding carboxylic acids is 3. The second-order valence-corrected chi connectivity index (χ2v) is 8.11. The maximum atomic E-state index is 12.7. The summed E-state index contributed by atoms with van der Waals surface area (Å²) in [7, 11) is 0. The lowest BCUT2D eigenvalue weighted by molar-refractivity contribution is -0.142. The molecule has 12 nitrogen and oxygen atoms in total. The quantitative estimate of drug-likeness (QED) is 0.116. The van der Waals surface area contributed by atoms with Gasteiger partial charge in [0.25, 0.3) is 0 Å². The second-order valence-electron chi connectivity index (χ2n) is 8.11. The van der Waals surface area contributed by atoms with E-state index in [0.29, 0.717) is 38.8 Å². The minimum absolute atomic E-state index is 0.0324. The molecule has 0 aromatic heterocycles. The van der Waals surface area contributed by atoms with Gasteiger partial charge in [0, 0.05) is 19.5 Å². The van der Waals surface area contributed by atoms with Crippen molar-refractivity contribution in [3.63, 3.8) is 0 Å². The molecule has 0 saturated carbocycles. The average Bonchev–Trinajstić information content (AvgIpc) is 3.29. The molecule has 2 rings (SSSR count). The first-order valence-corrected chi connectivity index (χ1v) is 11.1. The predicted octanol–water partition coefficient (Wildman–Crippen LogP) is -1.71. The standard InChI is InChI=1S/C22H33N7O5/c23-15(8-4-10-26-22(24)25)20(32)29-11-5-9-17(29)19(31)27-13-18(30)28-16(21(33)34)12-14-6-2-1-3-7-14/h1-3,6-7,15-17H,4-5,8-13,23H2,(H,27,31)(H,28,30)(H,33,34)(H4,24,25,26). The summed E-state index contributed by atoms with van der Waals surface area (Å²) in [5.74, 6) is -2.67. The van der Waals surface area contributed by atoms with Crippen LogP contribution in [0.2, 0.25) is 0 Å². The fourth-order valence-electron chi connectivity index (χ4n) is 3.74. The zero-order valence-corrected chi connectivity index (χ0v) is 19.0. The van der Waals surface area contributed by atoms with E-state index in [0.717, 1.165) is 5.56 Å². The Morgan fingerprint density at radius 1 is 1.18 bits per heavy atom. The summed E-state index contributed by atoms with van der Waals surface area (Å²) in [6, 6.07) is 6.24. The van der Waals surface area contributed by atoms with E-state index in [1.54, 1.807) is 24.3 Å². The molecule has 1 aromatic rings. The molecule has 0 spiro atoms. The van der Waals surface area contributed by atoms with Gasteiger partial charge in [0.2, 0.25) is 17.7 Å². The van der Waals surface area contributed by atoms with Crippen LogP contribution in [0.1, 0.15) is 31.2 Å². The topological polar surface area (TPSA) is 206 Å². The molecule has 9 N–H and O–H groups in total. The lowest BCUT2D eigenvalue weighted by atomic mass is 10.1. The zero-order valence-electron chi connectivity index (χ0n) is 19.0. The molecule has 3 atom stereocenters. The van der Waals surface area contributed by atoms with Crippen LogP contribution in [0, 0.1) is 0 Å². The van der Waals surface area contributed by atoms with E-state index < -0.39 is 42.5 Å². The molecular formula is C22H33N7O5. The third kappa shape index (κ3) is 8.35. The van der Waals surface area contributed by atoms with Crippen LogP contribution in [0.25, 0.3) is 0 Å². The number of hydrogen-bond donors (Lipinski definition) is 6. The SMILES string of the molecule is NC(N)=NCCCC(N)C(=O)N1CCCC1C(=O)NCC(=O)NC(Cc1ccccc1)C(=O)O. The van der Waals surface area contributed by atoms with Crippen molar-refractivity contribution in [3.8, 4) is 0 Å². The van der Waals surface area contributed by atoms with Gasteiger partial charge in [-0.15, -0.1) is 0 Å². The summed E-state index contributed by atoms with van der Waals surface area (Å²) in [6.45, 7) is 0.341. The van der Waals surface area contributed by atoms with E-state index in [-0.39, 0.29) is 18.3 Å². The second kappa shape index (κ2) is 13.1. The number of carbonyl (C=O) groups is 4. The van der Waals surface area contributed by atoms with E-state index in [1.165, 1.54) is 4.90 Å². The first kappa shape index (κ1) is 26.6. The number of carboxylic acids is 1. The van der Waals surface area contributed by atoms with Crippen molar-refractivity contribution in [2.24, 2.45) is 22.2 Å². The number of nitrogens with two attached hydrogens (primary N) is 3. The molecule has 0 aliphatic carbocycles. The largest absolute Gasteiger partial charge is 0.480 e. The number of amides is 3. The van der Waals surface area contributed by atoms with Crippen molar-refractivity contribution in [2.75, 3.05) is 19.6 Å². The van der Waals surface area contributed by atoms with Gasteiger partial charge in [-0.2, -0.15) is 0 Å². The lowest BCUT2D eigenvalue weighted by Gasteiger charge is -2.26. The van der Waals surface area contributed by atoms with Gasteiger partial charge in [-0.05, 0) is 31.2 Å². The van der Waals surface area contributed by atoms with Gasteiger partial charge in [-0.25, -0.2) is 4.79 Å². The average molecular weight is 476 g/mol. The Balaban J connectivity index is 1.84. The van der Waals surface area contributed by atoms with Crippen molar-refractivity contribution in [3.05, 3.63) is 35.9 Å².